The van der Waals surface area contributed by atoms with Crippen LogP contribution in [0.2, 0.25) is 0 Å². The number of hydrogen-bond donors (Lipinski definition) is 1. The molecule has 5 aromatic rings. The van der Waals surface area contributed by atoms with E-state index in [1.54, 1.807) is 28.6 Å². The van der Waals surface area contributed by atoms with Crippen LogP contribution in [0, 0.1) is 5.82 Å². The SMILES string of the molecule is O=C(c1cnn2cc(F)ccc12)N1CCc2[nH]cnc2[C@H]1c1nc2ccccc2s1. The van der Waals surface area contributed by atoms with Crippen molar-refractivity contribution in [3.63, 3.8) is 0 Å². The highest BCUT2D eigenvalue weighted by molar-refractivity contribution is 7.18. The molecule has 1 aliphatic rings. The minimum atomic E-state index is -0.406. The number of aromatic amines is 1. The fourth-order valence-corrected chi connectivity index (χ4v) is 5.12. The normalized spacial score (nSPS) is 16.3. The van der Waals surface area contributed by atoms with Crippen LogP contribution in [0.1, 0.15) is 32.8 Å². The molecule has 1 aliphatic heterocycles. The van der Waals surface area contributed by atoms with Gasteiger partial charge in [-0.2, -0.15) is 5.10 Å². The van der Waals surface area contributed by atoms with Crippen LogP contribution in [0.3, 0.4) is 0 Å². The van der Waals surface area contributed by atoms with Crippen LogP contribution in [0.25, 0.3) is 15.7 Å². The number of aromatic nitrogens is 5. The number of para-hydroxylation sites is 1. The molecule has 0 fully saturated rings. The van der Waals surface area contributed by atoms with E-state index < -0.39 is 5.82 Å². The van der Waals surface area contributed by atoms with Gasteiger partial charge in [0.15, 0.2) is 0 Å². The Bertz CT molecular complexity index is 1390. The lowest BCUT2D eigenvalue weighted by molar-refractivity contribution is 0.0692. The summed E-state index contributed by atoms with van der Waals surface area (Å²) in [5.41, 5.74) is 3.73. The maximum atomic E-state index is 13.6. The second-order valence-electron chi connectivity index (χ2n) is 7.17. The van der Waals surface area contributed by atoms with E-state index in [0.717, 1.165) is 26.6 Å². The third kappa shape index (κ3) is 2.55. The molecule has 0 spiro atoms. The first-order chi connectivity index (χ1) is 14.7. The molecule has 7 nitrogen and oxygen atoms in total. The van der Waals surface area contributed by atoms with Gasteiger partial charge in [-0.05, 0) is 24.3 Å². The standard InChI is InChI=1S/C21H15FN6OS/c22-12-5-6-16-13(9-25-28(16)10-12)21(29)27-8-7-15-18(24-11-23-15)19(27)20-26-14-3-1-2-4-17(14)30-20/h1-6,9-11,19H,7-8H2,(H,23,24)/t19-/m0/s1. The topological polar surface area (TPSA) is 79.2 Å². The minimum Gasteiger partial charge on any atom is -0.348 e. The van der Waals surface area contributed by atoms with Crippen LogP contribution >= 0.6 is 11.3 Å². The van der Waals surface area contributed by atoms with Gasteiger partial charge in [0.2, 0.25) is 0 Å². The van der Waals surface area contributed by atoms with Crippen LogP contribution in [0.5, 0.6) is 0 Å². The molecular weight excluding hydrogens is 403 g/mol. The minimum absolute atomic E-state index is 0.172. The third-order valence-corrected chi connectivity index (χ3v) is 6.53. The van der Waals surface area contributed by atoms with Crippen molar-refractivity contribution in [1.29, 1.82) is 0 Å². The van der Waals surface area contributed by atoms with Gasteiger partial charge in [0, 0.05) is 18.7 Å². The molecule has 1 amide bonds. The van der Waals surface area contributed by atoms with E-state index in [1.807, 2.05) is 24.3 Å². The van der Waals surface area contributed by atoms with E-state index in [9.17, 15) is 9.18 Å². The molecule has 148 valence electrons. The van der Waals surface area contributed by atoms with Crippen LogP contribution in [0.15, 0.2) is 55.1 Å². The Morgan fingerprint density at radius 3 is 3.03 bits per heavy atom. The van der Waals surface area contributed by atoms with Gasteiger partial charge in [-0.3, -0.25) is 4.79 Å². The molecule has 0 radical (unpaired) electrons. The average Bonchev–Trinajstić information content (AvgIpc) is 3.49. The maximum Gasteiger partial charge on any atom is 0.258 e. The highest BCUT2D eigenvalue weighted by atomic mass is 32.1. The highest BCUT2D eigenvalue weighted by Crippen LogP contribution is 2.38. The Morgan fingerprint density at radius 1 is 1.23 bits per heavy atom. The molecule has 5 heterocycles. The van der Waals surface area contributed by atoms with Gasteiger partial charge < -0.3 is 9.88 Å². The molecule has 0 unspecified atom stereocenters. The van der Waals surface area contributed by atoms with E-state index in [2.05, 4.69) is 15.1 Å². The van der Waals surface area contributed by atoms with Crippen molar-refractivity contribution in [2.45, 2.75) is 12.5 Å². The van der Waals surface area contributed by atoms with Crippen molar-refractivity contribution in [2.24, 2.45) is 0 Å². The number of benzene rings is 1. The Labute approximate surface area is 173 Å². The number of nitrogens with zero attached hydrogens (tertiary/aromatic N) is 5. The van der Waals surface area contributed by atoms with E-state index in [4.69, 9.17) is 4.98 Å². The van der Waals surface area contributed by atoms with Crippen molar-refractivity contribution >= 4 is 33.0 Å². The van der Waals surface area contributed by atoms with Gasteiger partial charge in [-0.1, -0.05) is 12.1 Å². The number of H-pyrrole nitrogens is 1. The lowest BCUT2D eigenvalue weighted by atomic mass is 10.0. The number of carbonyl (C=O) groups is 1. The molecule has 0 bridgehead atoms. The Hall–Kier alpha value is -3.59. The highest BCUT2D eigenvalue weighted by Gasteiger charge is 2.37. The van der Waals surface area contributed by atoms with Crippen LogP contribution in [-0.2, 0) is 6.42 Å². The smallest absolute Gasteiger partial charge is 0.258 e. The first-order valence-corrected chi connectivity index (χ1v) is 10.3. The summed E-state index contributed by atoms with van der Waals surface area (Å²) in [5.74, 6) is -0.578. The second-order valence-corrected chi connectivity index (χ2v) is 8.23. The molecule has 9 heteroatoms. The number of carbonyl (C=O) groups excluding carboxylic acids is 1. The zero-order valence-corrected chi connectivity index (χ0v) is 16.4. The lowest BCUT2D eigenvalue weighted by Crippen LogP contribution is -2.40. The lowest BCUT2D eigenvalue weighted by Gasteiger charge is -2.33. The predicted octanol–water partition coefficient (Wildman–Crippen LogP) is 3.59. The summed E-state index contributed by atoms with van der Waals surface area (Å²) in [4.78, 5) is 27.9. The third-order valence-electron chi connectivity index (χ3n) is 5.44. The molecule has 30 heavy (non-hydrogen) atoms. The number of amides is 1. The first kappa shape index (κ1) is 17.3. The number of imidazole rings is 1. The summed E-state index contributed by atoms with van der Waals surface area (Å²) < 4.78 is 16.0. The first-order valence-electron chi connectivity index (χ1n) is 9.50. The number of rotatable bonds is 2. The zero-order valence-electron chi connectivity index (χ0n) is 15.6. The van der Waals surface area contributed by atoms with Gasteiger partial charge in [-0.15, -0.1) is 11.3 Å². The number of halogens is 1. The maximum absolute atomic E-state index is 13.6. The quantitative estimate of drug-likeness (QED) is 0.475. The summed E-state index contributed by atoms with van der Waals surface area (Å²) in [5, 5.41) is 4.98. The van der Waals surface area contributed by atoms with E-state index in [1.165, 1.54) is 23.0 Å². The molecule has 1 aromatic carbocycles. The summed E-state index contributed by atoms with van der Waals surface area (Å²) in [6, 6.07) is 10.4. The van der Waals surface area contributed by atoms with Crippen molar-refractivity contribution in [3.8, 4) is 0 Å². The molecule has 4 aromatic heterocycles. The summed E-state index contributed by atoms with van der Waals surface area (Å²) in [6.07, 6.45) is 5.10. The van der Waals surface area contributed by atoms with Crippen molar-refractivity contribution in [1.82, 2.24) is 29.5 Å². The van der Waals surface area contributed by atoms with Crippen LogP contribution < -0.4 is 0 Å². The van der Waals surface area contributed by atoms with Gasteiger partial charge >= 0.3 is 0 Å². The van der Waals surface area contributed by atoms with Gasteiger partial charge in [-0.25, -0.2) is 18.9 Å². The monoisotopic (exact) mass is 418 g/mol. The van der Waals surface area contributed by atoms with E-state index in [-0.39, 0.29) is 11.9 Å². The fourth-order valence-electron chi connectivity index (χ4n) is 4.03. The summed E-state index contributed by atoms with van der Waals surface area (Å²) >= 11 is 1.57. The number of fused-ring (bicyclic) bond motifs is 3. The molecule has 0 saturated carbocycles. The number of thiazole rings is 1. The Balaban J connectivity index is 1.48. The van der Waals surface area contributed by atoms with Gasteiger partial charge in [0.1, 0.15) is 16.9 Å². The van der Waals surface area contributed by atoms with E-state index in [0.29, 0.717) is 24.0 Å². The molecule has 1 atom stereocenters. The second kappa shape index (κ2) is 6.46. The molecule has 0 aliphatic carbocycles. The van der Waals surface area contributed by atoms with Crippen molar-refractivity contribution in [2.75, 3.05) is 6.54 Å². The van der Waals surface area contributed by atoms with Gasteiger partial charge in [0.05, 0.1) is 45.7 Å². The Kier molecular flexibility index (Phi) is 3.72. The van der Waals surface area contributed by atoms with Crippen LogP contribution in [0.4, 0.5) is 4.39 Å². The summed E-state index contributed by atoms with van der Waals surface area (Å²) in [7, 11) is 0. The van der Waals surface area contributed by atoms with Crippen molar-refractivity contribution in [3.05, 3.63) is 82.9 Å². The number of nitrogens with one attached hydrogen (secondary N) is 1. The Morgan fingerprint density at radius 2 is 2.13 bits per heavy atom. The average molecular weight is 418 g/mol. The summed E-state index contributed by atoms with van der Waals surface area (Å²) in [6.45, 7) is 0.521. The largest absolute Gasteiger partial charge is 0.348 e. The van der Waals surface area contributed by atoms with Gasteiger partial charge in [0.25, 0.3) is 5.91 Å². The zero-order chi connectivity index (χ0) is 20.2. The van der Waals surface area contributed by atoms with Crippen molar-refractivity contribution < 1.29 is 9.18 Å². The fraction of sp³-hybridized carbons (Fsp3) is 0.143. The number of pyridine rings is 1. The van der Waals surface area contributed by atoms with Crippen LogP contribution in [-0.4, -0.2) is 41.9 Å². The predicted molar refractivity (Wildman–Crippen MR) is 110 cm³/mol. The van der Waals surface area contributed by atoms with E-state index >= 15 is 0 Å². The molecule has 0 saturated heterocycles. The molecule has 6 rings (SSSR count). The number of hydrogen-bond acceptors (Lipinski definition) is 5. The molecule has 1 N–H and O–H groups in total. The molecular formula is C21H15FN6OS.